The number of hydrogen-bond donors (Lipinski definition) is 1. The Labute approximate surface area is 148 Å². The summed E-state index contributed by atoms with van der Waals surface area (Å²) in [7, 11) is 3.36. The highest BCUT2D eigenvalue weighted by molar-refractivity contribution is 8.93. The van der Waals surface area contributed by atoms with Gasteiger partial charge in [0.1, 0.15) is 0 Å². The van der Waals surface area contributed by atoms with Crippen molar-refractivity contribution >= 4 is 17.0 Å². The third kappa shape index (κ3) is 4.06. The van der Waals surface area contributed by atoms with Crippen LogP contribution in [0.25, 0.3) is 0 Å². The SMILES string of the molecule is Br.COc1ccc([C@H]2CNC[C@H]2Cc2ccccc2)cc1OC. The number of hydrogen-bond acceptors (Lipinski definition) is 3. The maximum absolute atomic E-state index is 5.44. The lowest BCUT2D eigenvalue weighted by Gasteiger charge is -2.20. The van der Waals surface area contributed by atoms with Gasteiger partial charge in [-0.05, 0) is 42.1 Å². The number of nitrogens with one attached hydrogen (secondary N) is 1. The highest BCUT2D eigenvalue weighted by Crippen LogP contribution is 2.36. The van der Waals surface area contributed by atoms with Gasteiger partial charge in [0.05, 0.1) is 14.2 Å². The molecule has 0 aromatic heterocycles. The Morgan fingerprint density at radius 1 is 0.957 bits per heavy atom. The molecule has 124 valence electrons. The largest absolute Gasteiger partial charge is 0.493 e. The molecular formula is C19H24BrNO2. The van der Waals surface area contributed by atoms with Crippen LogP contribution in [0.2, 0.25) is 0 Å². The van der Waals surface area contributed by atoms with Crippen LogP contribution < -0.4 is 14.8 Å². The van der Waals surface area contributed by atoms with Crippen molar-refractivity contribution in [3.63, 3.8) is 0 Å². The number of methoxy groups -OCH3 is 2. The molecule has 3 rings (SSSR count). The van der Waals surface area contributed by atoms with Crippen molar-refractivity contribution in [3.05, 3.63) is 59.7 Å². The standard InChI is InChI=1S/C19H23NO2.BrH/c1-21-18-9-8-15(11-19(18)22-2)17-13-20-12-16(17)10-14-6-4-3-5-7-14;/h3-9,11,16-17,20H,10,12-13H2,1-2H3;1H/t16-,17-;/m1./s1. The maximum atomic E-state index is 5.44. The summed E-state index contributed by atoms with van der Waals surface area (Å²) in [5.41, 5.74) is 2.73. The summed E-state index contributed by atoms with van der Waals surface area (Å²) in [4.78, 5) is 0. The topological polar surface area (TPSA) is 30.5 Å². The van der Waals surface area contributed by atoms with E-state index in [2.05, 4.69) is 47.8 Å². The normalized spacial score (nSPS) is 19.9. The van der Waals surface area contributed by atoms with Crippen molar-refractivity contribution in [2.75, 3.05) is 27.3 Å². The van der Waals surface area contributed by atoms with Gasteiger partial charge >= 0.3 is 0 Å². The fourth-order valence-electron chi connectivity index (χ4n) is 3.34. The smallest absolute Gasteiger partial charge is 0.160 e. The second-order valence-corrected chi connectivity index (χ2v) is 5.83. The van der Waals surface area contributed by atoms with Gasteiger partial charge in [-0.1, -0.05) is 36.4 Å². The van der Waals surface area contributed by atoms with Gasteiger partial charge in [0.2, 0.25) is 0 Å². The van der Waals surface area contributed by atoms with Crippen LogP contribution in [-0.2, 0) is 6.42 Å². The Bertz CT molecular complexity index is 618. The predicted octanol–water partition coefficient (Wildman–Crippen LogP) is 3.83. The highest BCUT2D eigenvalue weighted by Gasteiger charge is 2.29. The second kappa shape index (κ2) is 8.37. The molecule has 0 bridgehead atoms. The Balaban J connectivity index is 0.00000192. The second-order valence-electron chi connectivity index (χ2n) is 5.83. The van der Waals surface area contributed by atoms with Crippen LogP contribution in [0.15, 0.2) is 48.5 Å². The average Bonchev–Trinajstić information content (AvgIpc) is 3.03. The fraction of sp³-hybridized carbons (Fsp3) is 0.368. The van der Waals surface area contributed by atoms with Gasteiger partial charge < -0.3 is 14.8 Å². The Morgan fingerprint density at radius 3 is 2.39 bits per heavy atom. The van der Waals surface area contributed by atoms with E-state index in [9.17, 15) is 0 Å². The van der Waals surface area contributed by atoms with Crippen LogP contribution in [-0.4, -0.2) is 27.3 Å². The number of ether oxygens (including phenoxy) is 2. The predicted molar refractivity (Wildman–Crippen MR) is 99.1 cm³/mol. The van der Waals surface area contributed by atoms with Gasteiger partial charge in [0, 0.05) is 12.5 Å². The molecule has 1 aliphatic heterocycles. The third-order valence-electron chi connectivity index (χ3n) is 4.52. The van der Waals surface area contributed by atoms with E-state index in [0.29, 0.717) is 11.8 Å². The first-order chi connectivity index (χ1) is 10.8. The molecule has 2 aromatic rings. The highest BCUT2D eigenvalue weighted by atomic mass is 79.9. The van der Waals surface area contributed by atoms with Crippen molar-refractivity contribution in [2.45, 2.75) is 12.3 Å². The first-order valence-electron chi connectivity index (χ1n) is 7.78. The number of halogens is 1. The van der Waals surface area contributed by atoms with Crippen LogP contribution in [0.4, 0.5) is 0 Å². The molecule has 0 unspecified atom stereocenters. The summed E-state index contributed by atoms with van der Waals surface area (Å²) in [5, 5.41) is 3.54. The quantitative estimate of drug-likeness (QED) is 0.858. The zero-order valence-electron chi connectivity index (χ0n) is 13.6. The number of benzene rings is 2. The first-order valence-corrected chi connectivity index (χ1v) is 7.78. The molecule has 2 aromatic carbocycles. The average molecular weight is 378 g/mol. The molecule has 0 amide bonds. The van der Waals surface area contributed by atoms with Crippen molar-refractivity contribution in [1.82, 2.24) is 5.32 Å². The van der Waals surface area contributed by atoms with E-state index in [4.69, 9.17) is 9.47 Å². The lowest BCUT2D eigenvalue weighted by Crippen LogP contribution is -2.14. The van der Waals surface area contributed by atoms with Crippen LogP contribution >= 0.6 is 17.0 Å². The van der Waals surface area contributed by atoms with E-state index in [0.717, 1.165) is 31.0 Å². The van der Waals surface area contributed by atoms with E-state index >= 15 is 0 Å². The lowest BCUT2D eigenvalue weighted by molar-refractivity contribution is 0.354. The zero-order valence-corrected chi connectivity index (χ0v) is 15.3. The molecular weight excluding hydrogens is 354 g/mol. The van der Waals surface area contributed by atoms with Crippen LogP contribution in [0.3, 0.4) is 0 Å². The van der Waals surface area contributed by atoms with Crippen LogP contribution in [0.5, 0.6) is 11.5 Å². The monoisotopic (exact) mass is 377 g/mol. The molecule has 23 heavy (non-hydrogen) atoms. The first kappa shape index (κ1) is 17.8. The summed E-state index contributed by atoms with van der Waals surface area (Å²) in [6.45, 7) is 2.08. The maximum Gasteiger partial charge on any atom is 0.160 e. The van der Waals surface area contributed by atoms with E-state index in [1.807, 2.05) is 6.07 Å². The molecule has 1 heterocycles. The summed E-state index contributed by atoms with van der Waals surface area (Å²) < 4.78 is 10.8. The molecule has 1 saturated heterocycles. The molecule has 0 saturated carbocycles. The summed E-state index contributed by atoms with van der Waals surface area (Å²) in [6.07, 6.45) is 1.10. The molecule has 0 radical (unpaired) electrons. The van der Waals surface area contributed by atoms with Gasteiger partial charge in [-0.25, -0.2) is 0 Å². The van der Waals surface area contributed by atoms with Gasteiger partial charge in [0.15, 0.2) is 11.5 Å². The van der Waals surface area contributed by atoms with Crippen LogP contribution in [0, 0.1) is 5.92 Å². The zero-order chi connectivity index (χ0) is 15.4. The Morgan fingerprint density at radius 2 is 1.70 bits per heavy atom. The van der Waals surface area contributed by atoms with Crippen molar-refractivity contribution < 1.29 is 9.47 Å². The molecule has 0 spiro atoms. The summed E-state index contributed by atoms with van der Waals surface area (Å²) >= 11 is 0. The minimum atomic E-state index is 0. The molecule has 1 N–H and O–H groups in total. The van der Waals surface area contributed by atoms with Crippen molar-refractivity contribution in [1.29, 1.82) is 0 Å². The third-order valence-corrected chi connectivity index (χ3v) is 4.52. The molecule has 0 aliphatic carbocycles. The van der Waals surface area contributed by atoms with Crippen molar-refractivity contribution in [3.8, 4) is 11.5 Å². The van der Waals surface area contributed by atoms with Gasteiger partial charge in [0.25, 0.3) is 0 Å². The van der Waals surface area contributed by atoms with Gasteiger partial charge in [-0.15, -0.1) is 17.0 Å². The Hall–Kier alpha value is -1.52. The molecule has 3 nitrogen and oxygen atoms in total. The summed E-state index contributed by atoms with van der Waals surface area (Å²) in [6, 6.07) is 17.0. The van der Waals surface area contributed by atoms with Crippen LogP contribution in [0.1, 0.15) is 17.0 Å². The van der Waals surface area contributed by atoms with E-state index < -0.39 is 0 Å². The van der Waals surface area contributed by atoms with E-state index in [-0.39, 0.29) is 17.0 Å². The minimum absolute atomic E-state index is 0. The molecule has 1 aliphatic rings. The van der Waals surface area contributed by atoms with Crippen molar-refractivity contribution in [2.24, 2.45) is 5.92 Å². The van der Waals surface area contributed by atoms with E-state index in [1.165, 1.54) is 11.1 Å². The summed E-state index contributed by atoms with van der Waals surface area (Å²) in [5.74, 6) is 2.72. The molecule has 4 heteroatoms. The molecule has 2 atom stereocenters. The van der Waals surface area contributed by atoms with E-state index in [1.54, 1.807) is 14.2 Å². The molecule has 1 fully saturated rings. The Kier molecular flexibility index (Phi) is 6.48. The van der Waals surface area contributed by atoms with Gasteiger partial charge in [-0.3, -0.25) is 0 Å². The lowest BCUT2D eigenvalue weighted by atomic mass is 9.84. The minimum Gasteiger partial charge on any atom is -0.493 e. The van der Waals surface area contributed by atoms with Gasteiger partial charge in [-0.2, -0.15) is 0 Å². The number of rotatable bonds is 5. The fourth-order valence-corrected chi connectivity index (χ4v) is 3.34.